The lowest BCUT2D eigenvalue weighted by Gasteiger charge is -2.33. The topological polar surface area (TPSA) is 20.3 Å². The maximum Gasteiger partial charge on any atom is 0.160 e. The summed E-state index contributed by atoms with van der Waals surface area (Å²) in [7, 11) is 2.12. The van der Waals surface area contributed by atoms with E-state index in [1.165, 1.54) is 30.5 Å². The fraction of sp³-hybridized carbons (Fsp3) is 0.550. The first-order chi connectivity index (χ1) is 11.0. The number of rotatable bonds is 4. The van der Waals surface area contributed by atoms with E-state index in [2.05, 4.69) is 11.9 Å². The molecule has 0 heterocycles. The van der Waals surface area contributed by atoms with Crippen LogP contribution in [0, 0.1) is 11.7 Å². The molecule has 3 heteroatoms. The van der Waals surface area contributed by atoms with Crippen LogP contribution in [0.4, 0.5) is 4.39 Å². The summed E-state index contributed by atoms with van der Waals surface area (Å²) in [5.74, 6) is 1.34. The van der Waals surface area contributed by atoms with Crippen molar-refractivity contribution in [1.29, 1.82) is 0 Å². The van der Waals surface area contributed by atoms with Crippen LogP contribution in [0.25, 0.3) is 0 Å². The summed E-state index contributed by atoms with van der Waals surface area (Å²) < 4.78 is 13.1. The Kier molecular flexibility index (Phi) is 4.84. The molecular weight excluding hydrogens is 289 g/mol. The van der Waals surface area contributed by atoms with E-state index in [-0.39, 0.29) is 5.82 Å². The second-order valence-electron chi connectivity index (χ2n) is 7.16. The molecule has 2 aliphatic carbocycles. The average molecular weight is 315 g/mol. The lowest BCUT2D eigenvalue weighted by atomic mass is 9.78. The molecule has 0 radical (unpaired) electrons. The molecule has 1 aromatic carbocycles. The summed E-state index contributed by atoms with van der Waals surface area (Å²) in [6.07, 6.45) is 6.42. The highest BCUT2D eigenvalue weighted by molar-refractivity contribution is 5.97. The van der Waals surface area contributed by atoms with Crippen LogP contribution in [0.5, 0.6) is 0 Å². The summed E-state index contributed by atoms with van der Waals surface area (Å²) in [4.78, 5) is 14.0. The first-order valence-electron chi connectivity index (χ1n) is 8.74. The van der Waals surface area contributed by atoms with Crippen LogP contribution >= 0.6 is 0 Å². The normalized spacial score (nSPS) is 25.1. The zero-order chi connectivity index (χ0) is 16.4. The van der Waals surface area contributed by atoms with Crippen molar-refractivity contribution in [3.05, 3.63) is 46.9 Å². The standard InChI is InChI=1S/C20H26FNO/c1-14-19(10-11-20(14)23)22(2)13-15-4-3-5-17(12-15)16-6-8-18(21)9-7-16/h6-9,15,17H,3-5,10-13H2,1-2H3. The van der Waals surface area contributed by atoms with Crippen LogP contribution in [-0.4, -0.2) is 24.3 Å². The van der Waals surface area contributed by atoms with Gasteiger partial charge in [-0.1, -0.05) is 18.6 Å². The number of carbonyl (C=O) groups is 1. The predicted molar refractivity (Wildman–Crippen MR) is 90.7 cm³/mol. The lowest BCUT2D eigenvalue weighted by Crippen LogP contribution is -2.28. The second kappa shape index (κ2) is 6.86. The van der Waals surface area contributed by atoms with Crippen molar-refractivity contribution >= 4 is 5.78 Å². The number of nitrogens with zero attached hydrogens (tertiary/aromatic N) is 1. The van der Waals surface area contributed by atoms with E-state index in [0.29, 0.717) is 24.0 Å². The minimum absolute atomic E-state index is 0.158. The van der Waals surface area contributed by atoms with E-state index in [0.717, 1.165) is 25.0 Å². The third-order valence-electron chi connectivity index (χ3n) is 5.56. The smallest absolute Gasteiger partial charge is 0.160 e. The van der Waals surface area contributed by atoms with Gasteiger partial charge in [-0.3, -0.25) is 4.79 Å². The number of carbonyl (C=O) groups excluding carboxylic acids is 1. The zero-order valence-corrected chi connectivity index (χ0v) is 14.1. The highest BCUT2D eigenvalue weighted by Crippen LogP contribution is 2.37. The molecule has 0 aromatic heterocycles. The van der Waals surface area contributed by atoms with Gasteiger partial charge in [-0.25, -0.2) is 4.39 Å². The van der Waals surface area contributed by atoms with Gasteiger partial charge in [-0.15, -0.1) is 0 Å². The Morgan fingerprint density at radius 3 is 2.57 bits per heavy atom. The molecule has 0 amide bonds. The Morgan fingerprint density at radius 1 is 1.17 bits per heavy atom. The van der Waals surface area contributed by atoms with Gasteiger partial charge >= 0.3 is 0 Å². The van der Waals surface area contributed by atoms with Crippen molar-refractivity contribution in [2.75, 3.05) is 13.6 Å². The summed E-state index contributed by atoms with van der Waals surface area (Å²) in [5.41, 5.74) is 3.46. The highest BCUT2D eigenvalue weighted by Gasteiger charge is 2.27. The maximum atomic E-state index is 13.1. The van der Waals surface area contributed by atoms with Gasteiger partial charge in [0.15, 0.2) is 5.78 Å². The van der Waals surface area contributed by atoms with Gasteiger partial charge in [-0.05, 0) is 62.1 Å². The van der Waals surface area contributed by atoms with E-state index in [9.17, 15) is 9.18 Å². The number of benzene rings is 1. The van der Waals surface area contributed by atoms with Crippen LogP contribution < -0.4 is 0 Å². The average Bonchev–Trinajstić information content (AvgIpc) is 2.88. The molecule has 2 atom stereocenters. The number of allylic oxidation sites excluding steroid dienone is 2. The number of hydrogen-bond acceptors (Lipinski definition) is 2. The van der Waals surface area contributed by atoms with Gasteiger partial charge in [0.2, 0.25) is 0 Å². The number of ketones is 1. The molecule has 124 valence electrons. The van der Waals surface area contributed by atoms with Gasteiger partial charge < -0.3 is 4.90 Å². The van der Waals surface area contributed by atoms with Gasteiger partial charge in [0.25, 0.3) is 0 Å². The molecule has 0 bridgehead atoms. The van der Waals surface area contributed by atoms with E-state index >= 15 is 0 Å². The fourth-order valence-electron chi connectivity index (χ4n) is 4.24. The molecule has 0 spiro atoms. The van der Waals surface area contributed by atoms with Gasteiger partial charge in [0.05, 0.1) is 0 Å². The van der Waals surface area contributed by atoms with Crippen molar-refractivity contribution in [2.45, 2.75) is 51.4 Å². The van der Waals surface area contributed by atoms with Gasteiger partial charge in [0.1, 0.15) is 5.82 Å². The van der Waals surface area contributed by atoms with Crippen LogP contribution in [0.1, 0.15) is 56.9 Å². The fourth-order valence-corrected chi connectivity index (χ4v) is 4.24. The van der Waals surface area contributed by atoms with Crippen molar-refractivity contribution in [2.24, 2.45) is 5.92 Å². The van der Waals surface area contributed by atoms with Crippen LogP contribution in [0.2, 0.25) is 0 Å². The Balaban J connectivity index is 1.63. The van der Waals surface area contributed by atoms with Crippen molar-refractivity contribution < 1.29 is 9.18 Å². The van der Waals surface area contributed by atoms with Crippen molar-refractivity contribution in [3.63, 3.8) is 0 Å². The Labute approximate surface area is 138 Å². The summed E-state index contributed by atoms with van der Waals surface area (Å²) >= 11 is 0. The molecule has 2 unspecified atom stereocenters. The number of hydrogen-bond donors (Lipinski definition) is 0. The molecule has 1 fully saturated rings. The van der Waals surface area contributed by atoms with Crippen LogP contribution in [0.15, 0.2) is 35.5 Å². The van der Waals surface area contributed by atoms with Crippen LogP contribution in [-0.2, 0) is 4.79 Å². The molecule has 0 saturated heterocycles. The first-order valence-corrected chi connectivity index (χ1v) is 8.74. The quantitative estimate of drug-likeness (QED) is 0.805. The molecule has 2 nitrogen and oxygen atoms in total. The molecule has 0 N–H and O–H groups in total. The monoisotopic (exact) mass is 315 g/mol. The minimum Gasteiger partial charge on any atom is -0.377 e. The second-order valence-corrected chi connectivity index (χ2v) is 7.16. The summed E-state index contributed by atoms with van der Waals surface area (Å²) in [5, 5.41) is 0. The third-order valence-corrected chi connectivity index (χ3v) is 5.56. The number of Topliss-reactive ketones (excluding diaryl/α,β-unsaturated/α-hetero) is 1. The molecule has 3 rings (SSSR count). The van der Waals surface area contributed by atoms with Gasteiger partial charge in [-0.2, -0.15) is 0 Å². The van der Waals surface area contributed by atoms with E-state index < -0.39 is 0 Å². The Bertz CT molecular complexity index is 605. The zero-order valence-electron chi connectivity index (χ0n) is 14.1. The van der Waals surface area contributed by atoms with E-state index in [1.807, 2.05) is 19.1 Å². The highest BCUT2D eigenvalue weighted by atomic mass is 19.1. The molecule has 23 heavy (non-hydrogen) atoms. The number of halogens is 1. The van der Waals surface area contributed by atoms with Crippen molar-refractivity contribution in [3.8, 4) is 0 Å². The third kappa shape index (κ3) is 3.65. The van der Waals surface area contributed by atoms with Crippen LogP contribution in [0.3, 0.4) is 0 Å². The Morgan fingerprint density at radius 2 is 1.91 bits per heavy atom. The maximum absolute atomic E-state index is 13.1. The van der Waals surface area contributed by atoms with E-state index in [1.54, 1.807) is 12.1 Å². The van der Waals surface area contributed by atoms with Crippen molar-refractivity contribution in [1.82, 2.24) is 4.90 Å². The molecule has 0 aliphatic heterocycles. The van der Waals surface area contributed by atoms with Gasteiger partial charge in [0, 0.05) is 31.3 Å². The lowest BCUT2D eigenvalue weighted by molar-refractivity contribution is -0.114. The largest absolute Gasteiger partial charge is 0.377 e. The molecule has 1 saturated carbocycles. The molecule has 2 aliphatic rings. The predicted octanol–water partition coefficient (Wildman–Crippen LogP) is 4.67. The first kappa shape index (κ1) is 16.2. The summed E-state index contributed by atoms with van der Waals surface area (Å²) in [6.45, 7) is 2.99. The SMILES string of the molecule is CC1=C(N(C)CC2CCCC(c3ccc(F)cc3)C2)CCC1=O. The molecule has 1 aromatic rings. The van der Waals surface area contributed by atoms with E-state index in [4.69, 9.17) is 0 Å². The Hall–Kier alpha value is -1.64. The summed E-state index contributed by atoms with van der Waals surface area (Å²) in [6, 6.07) is 7.02. The molecular formula is C20H26FNO. The minimum atomic E-state index is -0.158.